The minimum Gasteiger partial charge on any atom is -0.310 e. The zero-order valence-electron chi connectivity index (χ0n) is 25.8. The van der Waals surface area contributed by atoms with E-state index >= 15 is 0 Å². The number of para-hydroxylation sites is 4. The van der Waals surface area contributed by atoms with Crippen molar-refractivity contribution in [3.63, 3.8) is 0 Å². The molecule has 0 spiro atoms. The van der Waals surface area contributed by atoms with Gasteiger partial charge in [0.15, 0.2) is 5.69 Å². The Bertz CT molecular complexity index is 2750. The molecule has 2 aromatic heterocycles. The van der Waals surface area contributed by atoms with E-state index in [9.17, 15) is 5.26 Å². The van der Waals surface area contributed by atoms with Crippen LogP contribution in [0.4, 0.5) is 5.69 Å². The molecule has 0 amide bonds. The van der Waals surface area contributed by atoms with E-state index in [1.54, 1.807) is 0 Å². The molecule has 7 aromatic carbocycles. The van der Waals surface area contributed by atoms with Gasteiger partial charge in [0.2, 0.25) is 0 Å². The standard InChI is InChI=1S/C44H26N4/c1-46-30-23-26-38-37-14-5-9-20-43(37)48(44(38)27-30)42-19-8-2-11-34(42)33-16-10-15-32(39(33)28-45)29-21-24-31(25-22-29)47-40-17-6-3-12-35(40)36-13-4-7-18-41(36)47/h2-27H. The van der Waals surface area contributed by atoms with Crippen LogP contribution in [0.3, 0.4) is 0 Å². The molecule has 0 saturated carbocycles. The second kappa shape index (κ2) is 10.9. The van der Waals surface area contributed by atoms with Crippen molar-refractivity contribution >= 4 is 49.3 Å². The largest absolute Gasteiger partial charge is 0.310 e. The molecule has 0 aliphatic carbocycles. The van der Waals surface area contributed by atoms with Gasteiger partial charge >= 0.3 is 0 Å². The number of fused-ring (bicyclic) bond motifs is 6. The molecule has 0 fully saturated rings. The quantitative estimate of drug-likeness (QED) is 0.183. The third-order valence-corrected chi connectivity index (χ3v) is 9.41. The highest BCUT2D eigenvalue weighted by Gasteiger charge is 2.19. The Kier molecular flexibility index (Phi) is 6.22. The fraction of sp³-hybridized carbons (Fsp3) is 0. The molecule has 0 atom stereocenters. The van der Waals surface area contributed by atoms with Crippen molar-refractivity contribution < 1.29 is 0 Å². The van der Waals surface area contributed by atoms with Gasteiger partial charge in [-0.05, 0) is 48.0 Å². The van der Waals surface area contributed by atoms with Crippen molar-refractivity contribution in [2.45, 2.75) is 0 Å². The molecule has 0 unspecified atom stereocenters. The van der Waals surface area contributed by atoms with Crippen LogP contribution in [0.1, 0.15) is 5.56 Å². The first kappa shape index (κ1) is 27.4. The predicted molar refractivity (Wildman–Crippen MR) is 197 cm³/mol. The van der Waals surface area contributed by atoms with Crippen LogP contribution in [0.5, 0.6) is 0 Å². The van der Waals surface area contributed by atoms with Crippen molar-refractivity contribution in [2.24, 2.45) is 0 Å². The maximum absolute atomic E-state index is 10.7. The molecule has 0 aliphatic heterocycles. The van der Waals surface area contributed by atoms with Crippen LogP contribution in [-0.4, -0.2) is 9.13 Å². The lowest BCUT2D eigenvalue weighted by Crippen LogP contribution is -1.99. The summed E-state index contributed by atoms with van der Waals surface area (Å²) in [5.41, 5.74) is 11.3. The van der Waals surface area contributed by atoms with Crippen molar-refractivity contribution in [1.82, 2.24) is 9.13 Å². The van der Waals surface area contributed by atoms with Gasteiger partial charge in [0.25, 0.3) is 0 Å². The van der Waals surface area contributed by atoms with Crippen LogP contribution < -0.4 is 0 Å². The van der Waals surface area contributed by atoms with Gasteiger partial charge in [-0.3, -0.25) is 0 Å². The van der Waals surface area contributed by atoms with Gasteiger partial charge in [0, 0.05) is 49.4 Å². The molecule has 2 heterocycles. The summed E-state index contributed by atoms with van der Waals surface area (Å²) in [5.74, 6) is 0. The molecular formula is C44H26N4. The summed E-state index contributed by atoms with van der Waals surface area (Å²) < 4.78 is 4.53. The molecule has 9 rings (SSSR count). The number of nitriles is 1. The average Bonchev–Trinajstić information content (AvgIpc) is 3.67. The summed E-state index contributed by atoms with van der Waals surface area (Å²) in [4.78, 5) is 3.72. The summed E-state index contributed by atoms with van der Waals surface area (Å²) in [6.45, 7) is 7.67. The lowest BCUT2D eigenvalue weighted by molar-refractivity contribution is 1.18. The first-order chi connectivity index (χ1) is 23.7. The highest BCUT2D eigenvalue weighted by Crippen LogP contribution is 2.40. The third kappa shape index (κ3) is 4.07. The SMILES string of the molecule is [C-]#[N+]c1ccc2c3ccccc3n(-c3ccccc3-c3cccc(-c4ccc(-n5c6ccccc6c6ccccc65)cc4)c3C#N)c2c1. The van der Waals surface area contributed by atoms with E-state index in [2.05, 4.69) is 117 Å². The van der Waals surface area contributed by atoms with E-state index in [1.807, 2.05) is 60.7 Å². The molecule has 4 nitrogen and oxygen atoms in total. The summed E-state index contributed by atoms with van der Waals surface area (Å²) in [7, 11) is 0. The minimum atomic E-state index is 0.591. The maximum Gasteiger partial charge on any atom is 0.189 e. The average molecular weight is 611 g/mol. The van der Waals surface area contributed by atoms with E-state index in [0.717, 1.165) is 66.5 Å². The molecule has 0 saturated heterocycles. The number of rotatable bonds is 4. The first-order valence-electron chi connectivity index (χ1n) is 15.9. The number of nitrogens with zero attached hydrogens (tertiary/aromatic N) is 4. The van der Waals surface area contributed by atoms with Gasteiger partial charge in [0.1, 0.15) is 6.07 Å². The van der Waals surface area contributed by atoms with Gasteiger partial charge in [0.05, 0.1) is 34.4 Å². The second-order valence-electron chi connectivity index (χ2n) is 11.9. The summed E-state index contributed by atoms with van der Waals surface area (Å²) in [6, 6.07) is 56.6. The smallest absolute Gasteiger partial charge is 0.189 e. The fourth-order valence-corrected chi connectivity index (χ4v) is 7.31. The van der Waals surface area contributed by atoms with Crippen molar-refractivity contribution in [1.29, 1.82) is 5.26 Å². The molecule has 0 N–H and O–H groups in total. The number of aromatic nitrogens is 2. The molecule has 0 aliphatic rings. The monoisotopic (exact) mass is 610 g/mol. The van der Waals surface area contributed by atoms with Crippen LogP contribution in [0.2, 0.25) is 0 Å². The minimum absolute atomic E-state index is 0.591. The van der Waals surface area contributed by atoms with Gasteiger partial charge in [-0.2, -0.15) is 5.26 Å². The number of hydrogen-bond donors (Lipinski definition) is 0. The number of hydrogen-bond acceptors (Lipinski definition) is 1. The molecule has 48 heavy (non-hydrogen) atoms. The zero-order chi connectivity index (χ0) is 32.2. The Morgan fingerprint density at radius 2 is 1.02 bits per heavy atom. The highest BCUT2D eigenvalue weighted by atomic mass is 15.0. The molecule has 9 aromatic rings. The lowest BCUT2D eigenvalue weighted by Gasteiger charge is -2.17. The third-order valence-electron chi connectivity index (χ3n) is 9.41. The molecule has 222 valence electrons. The molecule has 0 radical (unpaired) electrons. The summed E-state index contributed by atoms with van der Waals surface area (Å²) in [5, 5.41) is 15.4. The zero-order valence-corrected chi connectivity index (χ0v) is 25.8. The van der Waals surface area contributed by atoms with Crippen molar-refractivity contribution in [3.8, 4) is 39.7 Å². The second-order valence-corrected chi connectivity index (χ2v) is 11.9. The Labute approximate surface area is 277 Å². The predicted octanol–water partition coefficient (Wildman–Crippen LogP) is 11.6. The topological polar surface area (TPSA) is 38.0 Å². The molecule has 0 bridgehead atoms. The van der Waals surface area contributed by atoms with Crippen LogP contribution in [0.15, 0.2) is 158 Å². The first-order valence-corrected chi connectivity index (χ1v) is 15.9. The Morgan fingerprint density at radius 3 is 1.67 bits per heavy atom. The van der Waals surface area contributed by atoms with Crippen LogP contribution in [-0.2, 0) is 0 Å². The summed E-state index contributed by atoms with van der Waals surface area (Å²) >= 11 is 0. The van der Waals surface area contributed by atoms with Gasteiger partial charge in [-0.25, -0.2) is 4.85 Å². The molecular weight excluding hydrogens is 585 g/mol. The fourth-order valence-electron chi connectivity index (χ4n) is 7.31. The van der Waals surface area contributed by atoms with Crippen LogP contribution >= 0.6 is 0 Å². The van der Waals surface area contributed by atoms with E-state index in [0.29, 0.717) is 11.3 Å². The Morgan fingerprint density at radius 1 is 0.479 bits per heavy atom. The molecule has 4 heteroatoms. The number of benzene rings is 7. The van der Waals surface area contributed by atoms with E-state index < -0.39 is 0 Å². The van der Waals surface area contributed by atoms with E-state index in [-0.39, 0.29) is 0 Å². The van der Waals surface area contributed by atoms with E-state index in [4.69, 9.17) is 6.57 Å². The maximum atomic E-state index is 10.7. The van der Waals surface area contributed by atoms with Gasteiger partial charge in [-0.15, -0.1) is 0 Å². The normalized spacial score (nSPS) is 11.3. The van der Waals surface area contributed by atoms with Crippen LogP contribution in [0.25, 0.3) is 82.1 Å². The Hall–Kier alpha value is -6.88. The van der Waals surface area contributed by atoms with E-state index in [1.165, 1.54) is 10.8 Å². The van der Waals surface area contributed by atoms with Gasteiger partial charge < -0.3 is 9.13 Å². The van der Waals surface area contributed by atoms with Crippen LogP contribution in [0, 0.1) is 17.9 Å². The van der Waals surface area contributed by atoms with Gasteiger partial charge in [-0.1, -0.05) is 115 Å². The lowest BCUT2D eigenvalue weighted by atomic mass is 9.91. The highest BCUT2D eigenvalue weighted by molar-refractivity contribution is 6.11. The Balaban J connectivity index is 1.21. The van der Waals surface area contributed by atoms with Crippen molar-refractivity contribution in [3.05, 3.63) is 175 Å². The summed E-state index contributed by atoms with van der Waals surface area (Å²) in [6.07, 6.45) is 0. The van der Waals surface area contributed by atoms with Crippen molar-refractivity contribution in [2.75, 3.05) is 0 Å².